The maximum atomic E-state index is 12.6. The maximum absolute atomic E-state index is 12.6. The second-order valence-electron chi connectivity index (χ2n) is 7.94. The zero-order valence-corrected chi connectivity index (χ0v) is 17.6. The molecule has 2 aromatic heterocycles. The molecule has 0 saturated heterocycles. The van der Waals surface area contributed by atoms with E-state index >= 15 is 0 Å². The number of fused-ring (bicyclic) bond motifs is 1. The molecule has 0 spiro atoms. The normalized spacial score (nSPS) is 11.6. The van der Waals surface area contributed by atoms with E-state index in [0.29, 0.717) is 30.5 Å². The molecule has 1 aromatic carbocycles. The summed E-state index contributed by atoms with van der Waals surface area (Å²) < 4.78 is 1.72. The van der Waals surface area contributed by atoms with Gasteiger partial charge in [-0.1, -0.05) is 39.8 Å². The fourth-order valence-corrected chi connectivity index (χ4v) is 3.50. The van der Waals surface area contributed by atoms with Gasteiger partial charge in [0.05, 0.1) is 0 Å². The van der Waals surface area contributed by atoms with Gasteiger partial charge in [-0.2, -0.15) is 10.1 Å². The summed E-state index contributed by atoms with van der Waals surface area (Å²) in [5, 5.41) is 7.32. The van der Waals surface area contributed by atoms with Crippen molar-refractivity contribution in [3.63, 3.8) is 0 Å². The molecule has 0 bridgehead atoms. The molecule has 0 unspecified atom stereocenters. The Kier molecular flexibility index (Phi) is 5.77. The molecule has 0 radical (unpaired) electrons. The number of carbonyl (C=O) groups excluding carboxylic acids is 1. The van der Waals surface area contributed by atoms with Crippen LogP contribution in [0.4, 0.5) is 5.69 Å². The predicted molar refractivity (Wildman–Crippen MR) is 112 cm³/mol. The van der Waals surface area contributed by atoms with Crippen molar-refractivity contribution in [2.24, 2.45) is 0 Å². The van der Waals surface area contributed by atoms with Crippen LogP contribution in [0.25, 0.3) is 5.78 Å². The van der Waals surface area contributed by atoms with Crippen LogP contribution in [-0.4, -0.2) is 25.5 Å². The smallest absolute Gasteiger partial charge is 0.252 e. The molecule has 2 heterocycles. The molecular weight excluding hydrogens is 350 g/mol. The fourth-order valence-electron chi connectivity index (χ4n) is 3.50. The average molecular weight is 380 g/mol. The molecule has 28 heavy (non-hydrogen) atoms. The first kappa shape index (κ1) is 20.0. The number of benzene rings is 1. The van der Waals surface area contributed by atoms with Crippen molar-refractivity contribution in [1.29, 1.82) is 0 Å². The second-order valence-corrected chi connectivity index (χ2v) is 7.94. The minimum absolute atomic E-state index is 0.0108. The monoisotopic (exact) mass is 379 g/mol. The molecule has 0 aliphatic heterocycles. The lowest BCUT2D eigenvalue weighted by Gasteiger charge is -2.17. The van der Waals surface area contributed by atoms with Crippen LogP contribution in [-0.2, 0) is 11.2 Å². The first-order valence-corrected chi connectivity index (χ1v) is 9.87. The van der Waals surface area contributed by atoms with Crippen molar-refractivity contribution >= 4 is 17.4 Å². The van der Waals surface area contributed by atoms with Gasteiger partial charge in [0, 0.05) is 23.5 Å². The summed E-state index contributed by atoms with van der Waals surface area (Å²) in [5.41, 5.74) is 6.31. The van der Waals surface area contributed by atoms with Crippen molar-refractivity contribution in [3.05, 3.63) is 52.6 Å². The Balaban J connectivity index is 1.75. The first-order valence-electron chi connectivity index (χ1n) is 9.87. The summed E-state index contributed by atoms with van der Waals surface area (Å²) in [6, 6.07) is 6.34. The number of anilines is 1. The van der Waals surface area contributed by atoms with E-state index < -0.39 is 0 Å². The summed E-state index contributed by atoms with van der Waals surface area (Å²) in [5.74, 6) is 1.41. The van der Waals surface area contributed by atoms with Gasteiger partial charge in [0.2, 0.25) is 5.91 Å². The van der Waals surface area contributed by atoms with Gasteiger partial charge in [-0.25, -0.2) is 9.50 Å². The number of hydrogen-bond donors (Lipinski definition) is 1. The Morgan fingerprint density at radius 1 is 1.14 bits per heavy atom. The molecule has 0 aliphatic carbocycles. The zero-order valence-electron chi connectivity index (χ0n) is 17.6. The van der Waals surface area contributed by atoms with E-state index in [0.717, 1.165) is 22.6 Å². The van der Waals surface area contributed by atoms with E-state index in [1.807, 2.05) is 19.9 Å². The van der Waals surface area contributed by atoms with Crippen LogP contribution in [0.3, 0.4) is 0 Å². The van der Waals surface area contributed by atoms with Crippen LogP contribution in [0, 0.1) is 13.8 Å². The van der Waals surface area contributed by atoms with Crippen molar-refractivity contribution in [2.45, 2.75) is 66.2 Å². The number of nitrogens with one attached hydrogen (secondary N) is 1. The van der Waals surface area contributed by atoms with Gasteiger partial charge >= 0.3 is 0 Å². The van der Waals surface area contributed by atoms with Crippen LogP contribution in [0.5, 0.6) is 0 Å². The van der Waals surface area contributed by atoms with E-state index in [-0.39, 0.29) is 5.91 Å². The zero-order chi connectivity index (χ0) is 20.4. The van der Waals surface area contributed by atoms with E-state index in [1.54, 1.807) is 4.52 Å². The average Bonchev–Trinajstić information content (AvgIpc) is 3.10. The molecule has 148 valence electrons. The van der Waals surface area contributed by atoms with Gasteiger partial charge in [0.25, 0.3) is 5.78 Å². The molecule has 6 nitrogen and oxygen atoms in total. The molecule has 1 amide bonds. The topological polar surface area (TPSA) is 72.2 Å². The third-order valence-corrected chi connectivity index (χ3v) is 5.23. The Hall–Kier alpha value is -2.76. The Morgan fingerprint density at radius 2 is 1.89 bits per heavy atom. The number of aryl methyl sites for hydroxylation is 2. The number of rotatable bonds is 6. The van der Waals surface area contributed by atoms with Crippen molar-refractivity contribution in [2.75, 3.05) is 5.32 Å². The van der Waals surface area contributed by atoms with E-state index in [9.17, 15) is 4.79 Å². The lowest BCUT2D eigenvalue weighted by atomic mass is 9.94. The molecule has 3 aromatic rings. The third-order valence-electron chi connectivity index (χ3n) is 5.23. The van der Waals surface area contributed by atoms with Gasteiger partial charge in [0.15, 0.2) is 0 Å². The van der Waals surface area contributed by atoms with E-state index in [1.165, 1.54) is 17.5 Å². The lowest BCUT2D eigenvalue weighted by Crippen LogP contribution is -2.16. The molecule has 6 heteroatoms. The number of aromatic nitrogens is 4. The van der Waals surface area contributed by atoms with Gasteiger partial charge in [-0.05, 0) is 54.9 Å². The van der Waals surface area contributed by atoms with Crippen LogP contribution in [0.1, 0.15) is 74.0 Å². The number of carbonyl (C=O) groups is 1. The van der Waals surface area contributed by atoms with Crippen LogP contribution in [0.2, 0.25) is 0 Å². The Bertz CT molecular complexity index is 1000. The van der Waals surface area contributed by atoms with Crippen molar-refractivity contribution in [3.8, 4) is 0 Å². The Labute approximate surface area is 166 Å². The second kappa shape index (κ2) is 8.09. The summed E-state index contributed by atoms with van der Waals surface area (Å²) in [4.78, 5) is 21.3. The highest BCUT2D eigenvalue weighted by Crippen LogP contribution is 2.28. The maximum Gasteiger partial charge on any atom is 0.252 e. The number of amides is 1. The van der Waals surface area contributed by atoms with Gasteiger partial charge in [-0.15, -0.1) is 0 Å². The highest BCUT2D eigenvalue weighted by molar-refractivity contribution is 5.91. The standard InChI is InChI=1S/C22H29N5O/c1-13(2)17-7-9-20(19(11-17)14(3)4)26-21(28)10-8-18-15(5)25-22-23-12-24-27(22)16(18)6/h7,9,11-14H,8,10H2,1-6H3,(H,26,28). The quantitative estimate of drug-likeness (QED) is 0.681. The van der Waals surface area contributed by atoms with E-state index in [4.69, 9.17) is 0 Å². The minimum Gasteiger partial charge on any atom is -0.326 e. The SMILES string of the molecule is Cc1nc2ncnn2c(C)c1CCC(=O)Nc1ccc(C(C)C)cc1C(C)C. The first-order chi connectivity index (χ1) is 13.3. The van der Waals surface area contributed by atoms with E-state index in [2.05, 4.69) is 60.2 Å². The molecule has 0 fully saturated rings. The van der Waals surface area contributed by atoms with Crippen LogP contribution in [0.15, 0.2) is 24.5 Å². The summed E-state index contributed by atoms with van der Waals surface area (Å²) in [6.45, 7) is 12.6. The summed E-state index contributed by atoms with van der Waals surface area (Å²) in [7, 11) is 0. The number of hydrogen-bond acceptors (Lipinski definition) is 4. The van der Waals surface area contributed by atoms with Gasteiger partial charge in [-0.3, -0.25) is 4.79 Å². The van der Waals surface area contributed by atoms with Crippen LogP contribution < -0.4 is 5.32 Å². The molecular formula is C22H29N5O. The van der Waals surface area contributed by atoms with Crippen LogP contribution >= 0.6 is 0 Å². The lowest BCUT2D eigenvalue weighted by molar-refractivity contribution is -0.116. The molecule has 1 N–H and O–H groups in total. The molecule has 0 saturated carbocycles. The largest absolute Gasteiger partial charge is 0.326 e. The third kappa shape index (κ3) is 4.06. The fraction of sp³-hybridized carbons (Fsp3) is 0.455. The van der Waals surface area contributed by atoms with Gasteiger partial charge < -0.3 is 5.32 Å². The minimum atomic E-state index is 0.0108. The summed E-state index contributed by atoms with van der Waals surface area (Å²) >= 11 is 0. The van der Waals surface area contributed by atoms with Crippen molar-refractivity contribution < 1.29 is 4.79 Å². The van der Waals surface area contributed by atoms with Crippen molar-refractivity contribution in [1.82, 2.24) is 19.6 Å². The highest BCUT2D eigenvalue weighted by atomic mass is 16.1. The highest BCUT2D eigenvalue weighted by Gasteiger charge is 2.15. The predicted octanol–water partition coefficient (Wildman–Crippen LogP) is 4.56. The van der Waals surface area contributed by atoms with Gasteiger partial charge in [0.1, 0.15) is 6.33 Å². The molecule has 0 atom stereocenters. The number of nitrogens with zero attached hydrogens (tertiary/aromatic N) is 4. The Morgan fingerprint density at radius 3 is 2.57 bits per heavy atom. The molecule has 3 rings (SSSR count). The summed E-state index contributed by atoms with van der Waals surface area (Å²) in [6.07, 6.45) is 2.51. The molecule has 0 aliphatic rings.